The fourth-order valence-corrected chi connectivity index (χ4v) is 4.05. The summed E-state index contributed by atoms with van der Waals surface area (Å²) in [5, 5.41) is 8.54. The molecule has 1 aromatic carbocycles. The number of benzene rings is 1. The standard InChI is InChI=1S/C23H26N4O2/c1-4-11-26-21-10-6-5-9-20(21)22(23(26)28)25-24-14-18-13-16(2)27(17(18)3)15-19-8-7-12-29-19/h4-6,9-10,13-14,19H,1,7-8,11-12,15H2,2-3H3/b24-14-,25-22+/t19-/m0/s1. The predicted octanol–water partition coefficient (Wildman–Crippen LogP) is 3.64. The van der Waals surface area contributed by atoms with Gasteiger partial charge in [-0.2, -0.15) is 5.10 Å². The summed E-state index contributed by atoms with van der Waals surface area (Å²) in [5.74, 6) is -0.146. The zero-order chi connectivity index (χ0) is 20.4. The number of carbonyl (C=O) groups excluding carboxylic acids is 1. The highest BCUT2D eigenvalue weighted by atomic mass is 16.5. The first kappa shape index (κ1) is 19.3. The van der Waals surface area contributed by atoms with Gasteiger partial charge in [-0.3, -0.25) is 4.79 Å². The van der Waals surface area contributed by atoms with Crippen LogP contribution in [0.4, 0.5) is 5.69 Å². The predicted molar refractivity (Wildman–Crippen MR) is 116 cm³/mol. The molecule has 0 aliphatic carbocycles. The first-order valence-corrected chi connectivity index (χ1v) is 10.0. The Bertz CT molecular complexity index is 996. The van der Waals surface area contributed by atoms with Crippen molar-refractivity contribution in [2.24, 2.45) is 10.2 Å². The maximum absolute atomic E-state index is 12.8. The summed E-state index contributed by atoms with van der Waals surface area (Å²) in [6, 6.07) is 9.74. The molecule has 0 N–H and O–H groups in total. The molecule has 1 fully saturated rings. The molecule has 0 radical (unpaired) electrons. The summed E-state index contributed by atoms with van der Waals surface area (Å²) in [5.41, 5.74) is 5.33. The number of carbonyl (C=O) groups is 1. The number of aryl methyl sites for hydroxylation is 1. The Labute approximate surface area is 171 Å². The second kappa shape index (κ2) is 8.17. The quantitative estimate of drug-likeness (QED) is 0.430. The number of aromatic nitrogens is 1. The Morgan fingerprint density at radius 3 is 2.90 bits per heavy atom. The normalized spacial score (nSPS) is 20.2. The van der Waals surface area contributed by atoms with Crippen LogP contribution in [0.5, 0.6) is 0 Å². The number of fused-ring (bicyclic) bond motifs is 1. The molecule has 6 heteroatoms. The number of amides is 1. The van der Waals surface area contributed by atoms with E-state index in [2.05, 4.69) is 41.3 Å². The van der Waals surface area contributed by atoms with Gasteiger partial charge in [0.15, 0.2) is 5.71 Å². The molecule has 1 saturated heterocycles. The minimum absolute atomic E-state index is 0.146. The fraction of sp³-hybridized carbons (Fsp3) is 0.348. The van der Waals surface area contributed by atoms with Crippen LogP contribution in [0.3, 0.4) is 0 Å². The molecule has 1 amide bonds. The largest absolute Gasteiger partial charge is 0.376 e. The second-order valence-electron chi connectivity index (χ2n) is 7.49. The second-order valence-corrected chi connectivity index (χ2v) is 7.49. The van der Waals surface area contributed by atoms with Crippen LogP contribution < -0.4 is 4.90 Å². The average molecular weight is 390 g/mol. The van der Waals surface area contributed by atoms with Crippen LogP contribution in [0.25, 0.3) is 0 Å². The zero-order valence-corrected chi connectivity index (χ0v) is 17.0. The molecular formula is C23H26N4O2. The Morgan fingerprint density at radius 2 is 2.14 bits per heavy atom. The van der Waals surface area contributed by atoms with E-state index in [1.165, 1.54) is 5.69 Å². The molecule has 0 bridgehead atoms. The lowest BCUT2D eigenvalue weighted by Crippen LogP contribution is -2.30. The third-order valence-corrected chi connectivity index (χ3v) is 5.59. The van der Waals surface area contributed by atoms with Gasteiger partial charge in [0, 0.05) is 42.2 Å². The van der Waals surface area contributed by atoms with Gasteiger partial charge in [-0.15, -0.1) is 11.7 Å². The molecule has 0 spiro atoms. The SMILES string of the molecule is C=CCN1C(=O)/C(=N/N=C\c2cc(C)n(C[C@@H]3CCCO3)c2C)c2ccccc21. The smallest absolute Gasteiger partial charge is 0.279 e. The minimum atomic E-state index is -0.146. The first-order valence-electron chi connectivity index (χ1n) is 10.0. The van der Waals surface area contributed by atoms with Crippen molar-refractivity contribution in [3.8, 4) is 0 Å². The minimum Gasteiger partial charge on any atom is -0.376 e. The van der Waals surface area contributed by atoms with Gasteiger partial charge >= 0.3 is 0 Å². The fourth-order valence-electron chi connectivity index (χ4n) is 4.05. The van der Waals surface area contributed by atoms with Crippen LogP contribution in [-0.4, -0.2) is 41.7 Å². The van der Waals surface area contributed by atoms with Crippen molar-refractivity contribution in [2.45, 2.75) is 39.3 Å². The van der Waals surface area contributed by atoms with Crippen LogP contribution in [-0.2, 0) is 16.1 Å². The lowest BCUT2D eigenvalue weighted by Gasteiger charge is -2.14. The summed E-state index contributed by atoms with van der Waals surface area (Å²) in [6.07, 6.45) is 5.97. The number of nitrogens with zero attached hydrogens (tertiary/aromatic N) is 4. The zero-order valence-electron chi connectivity index (χ0n) is 17.0. The first-order chi connectivity index (χ1) is 14.1. The average Bonchev–Trinajstić information content (AvgIpc) is 3.39. The van der Waals surface area contributed by atoms with Crippen molar-refractivity contribution in [1.29, 1.82) is 0 Å². The third kappa shape index (κ3) is 3.68. The molecular weight excluding hydrogens is 364 g/mol. The van der Waals surface area contributed by atoms with Gasteiger partial charge in [-0.1, -0.05) is 24.3 Å². The van der Waals surface area contributed by atoms with E-state index in [4.69, 9.17) is 4.74 Å². The number of hydrogen-bond donors (Lipinski definition) is 0. The highest BCUT2D eigenvalue weighted by molar-refractivity contribution is 6.54. The van der Waals surface area contributed by atoms with E-state index in [1.807, 2.05) is 24.3 Å². The highest BCUT2D eigenvalue weighted by Gasteiger charge is 2.33. The number of rotatable bonds is 6. The number of para-hydroxylation sites is 1. The molecule has 29 heavy (non-hydrogen) atoms. The lowest BCUT2D eigenvalue weighted by molar-refractivity contribution is -0.112. The third-order valence-electron chi connectivity index (χ3n) is 5.59. The van der Waals surface area contributed by atoms with E-state index in [0.29, 0.717) is 12.3 Å². The van der Waals surface area contributed by atoms with Gasteiger partial charge in [0.05, 0.1) is 18.0 Å². The van der Waals surface area contributed by atoms with Gasteiger partial charge in [0.2, 0.25) is 0 Å². The van der Waals surface area contributed by atoms with Crippen molar-refractivity contribution in [3.63, 3.8) is 0 Å². The Balaban J connectivity index is 1.58. The summed E-state index contributed by atoms with van der Waals surface area (Å²) >= 11 is 0. The van der Waals surface area contributed by atoms with Crippen LogP contribution in [0, 0.1) is 13.8 Å². The molecule has 2 aromatic rings. The summed E-state index contributed by atoms with van der Waals surface area (Å²) in [6.45, 7) is 10.1. The van der Waals surface area contributed by atoms with Crippen LogP contribution in [0.1, 0.15) is 35.4 Å². The van der Waals surface area contributed by atoms with Gasteiger partial charge in [0.25, 0.3) is 5.91 Å². The summed E-state index contributed by atoms with van der Waals surface area (Å²) < 4.78 is 8.04. The van der Waals surface area contributed by atoms with Crippen molar-refractivity contribution in [1.82, 2.24) is 4.57 Å². The van der Waals surface area contributed by atoms with E-state index in [0.717, 1.165) is 48.5 Å². The summed E-state index contributed by atoms with van der Waals surface area (Å²) in [4.78, 5) is 14.4. The van der Waals surface area contributed by atoms with Crippen LogP contribution in [0.15, 0.2) is 53.2 Å². The molecule has 2 aliphatic rings. The maximum Gasteiger partial charge on any atom is 0.279 e. The van der Waals surface area contributed by atoms with Crippen molar-refractivity contribution >= 4 is 23.5 Å². The molecule has 2 aliphatic heterocycles. The van der Waals surface area contributed by atoms with Gasteiger partial charge in [-0.05, 0) is 38.8 Å². The van der Waals surface area contributed by atoms with Crippen LogP contribution in [0.2, 0.25) is 0 Å². The Kier molecular flexibility index (Phi) is 5.45. The highest BCUT2D eigenvalue weighted by Crippen LogP contribution is 2.29. The molecule has 1 aromatic heterocycles. The van der Waals surface area contributed by atoms with Gasteiger partial charge in [-0.25, -0.2) is 0 Å². The molecule has 4 rings (SSSR count). The Morgan fingerprint density at radius 1 is 1.31 bits per heavy atom. The Hall–Kier alpha value is -2.99. The molecule has 6 nitrogen and oxygen atoms in total. The number of hydrogen-bond acceptors (Lipinski definition) is 4. The maximum atomic E-state index is 12.8. The van der Waals surface area contributed by atoms with E-state index in [9.17, 15) is 4.79 Å². The molecule has 0 unspecified atom stereocenters. The number of ether oxygens (including phenoxy) is 1. The molecule has 150 valence electrons. The van der Waals surface area contributed by atoms with Gasteiger partial charge < -0.3 is 14.2 Å². The molecule has 1 atom stereocenters. The monoisotopic (exact) mass is 390 g/mol. The topological polar surface area (TPSA) is 59.2 Å². The van der Waals surface area contributed by atoms with E-state index < -0.39 is 0 Å². The van der Waals surface area contributed by atoms with Crippen molar-refractivity contribution in [3.05, 3.63) is 65.5 Å². The molecule has 3 heterocycles. The molecule has 0 saturated carbocycles. The lowest BCUT2D eigenvalue weighted by atomic mass is 10.1. The van der Waals surface area contributed by atoms with E-state index in [1.54, 1.807) is 17.2 Å². The van der Waals surface area contributed by atoms with Crippen molar-refractivity contribution in [2.75, 3.05) is 18.1 Å². The van der Waals surface area contributed by atoms with Crippen molar-refractivity contribution < 1.29 is 9.53 Å². The van der Waals surface area contributed by atoms with E-state index >= 15 is 0 Å². The number of anilines is 1. The van der Waals surface area contributed by atoms with Crippen LogP contribution >= 0.6 is 0 Å². The van der Waals surface area contributed by atoms with Gasteiger partial charge in [0.1, 0.15) is 0 Å². The van der Waals surface area contributed by atoms with E-state index in [-0.39, 0.29) is 12.0 Å². The summed E-state index contributed by atoms with van der Waals surface area (Å²) in [7, 11) is 0.